The third-order valence-corrected chi connectivity index (χ3v) is 7.98. The van der Waals surface area contributed by atoms with Crippen molar-refractivity contribution in [3.05, 3.63) is 83.1 Å². The Labute approximate surface area is 237 Å². The van der Waals surface area contributed by atoms with Crippen LogP contribution >= 0.6 is 0 Å². The molecule has 8 nitrogen and oxygen atoms in total. The summed E-state index contributed by atoms with van der Waals surface area (Å²) in [4.78, 5) is 15.6. The van der Waals surface area contributed by atoms with Crippen LogP contribution in [0.2, 0.25) is 0 Å². The number of aryl methyl sites for hydroxylation is 3. The molecule has 0 amide bonds. The van der Waals surface area contributed by atoms with Gasteiger partial charge in [-0.05, 0) is 61.7 Å². The number of hydrogen-bond acceptors (Lipinski definition) is 7. The monoisotopic (exact) mass is 545 g/mol. The van der Waals surface area contributed by atoms with Crippen molar-refractivity contribution in [3.63, 3.8) is 0 Å². The van der Waals surface area contributed by atoms with E-state index in [1.54, 1.807) is 7.11 Å². The highest BCUT2D eigenvalue weighted by atomic mass is 16.5. The molecule has 7 rings (SSSR count). The van der Waals surface area contributed by atoms with Crippen molar-refractivity contribution in [2.45, 2.75) is 27.2 Å². The molecule has 4 heterocycles. The normalized spacial score (nSPS) is 13.0. The molecular formula is C33H31N5O3. The van der Waals surface area contributed by atoms with E-state index < -0.39 is 0 Å². The average Bonchev–Trinajstić information content (AvgIpc) is 3.50. The first-order valence-corrected chi connectivity index (χ1v) is 13.8. The van der Waals surface area contributed by atoms with Crippen LogP contribution in [0, 0.1) is 20.8 Å². The Morgan fingerprint density at radius 3 is 2.59 bits per heavy atom. The quantitative estimate of drug-likeness (QED) is 0.255. The van der Waals surface area contributed by atoms with Crippen LogP contribution in [0.3, 0.4) is 0 Å². The van der Waals surface area contributed by atoms with Gasteiger partial charge in [0.1, 0.15) is 35.3 Å². The molecule has 41 heavy (non-hydrogen) atoms. The molecule has 0 fully saturated rings. The molecule has 3 aromatic heterocycles. The lowest BCUT2D eigenvalue weighted by molar-refractivity contribution is 0.311. The van der Waals surface area contributed by atoms with Gasteiger partial charge in [0.2, 0.25) is 0 Å². The van der Waals surface area contributed by atoms with Crippen molar-refractivity contribution in [3.8, 4) is 33.8 Å². The van der Waals surface area contributed by atoms with Gasteiger partial charge >= 0.3 is 0 Å². The molecular weight excluding hydrogens is 514 g/mol. The van der Waals surface area contributed by atoms with Gasteiger partial charge in [0, 0.05) is 35.3 Å². The first kappa shape index (κ1) is 25.1. The van der Waals surface area contributed by atoms with E-state index in [-0.39, 0.29) is 0 Å². The van der Waals surface area contributed by atoms with E-state index in [9.17, 15) is 0 Å². The predicted octanol–water partition coefficient (Wildman–Crippen LogP) is 6.79. The second-order valence-corrected chi connectivity index (χ2v) is 10.7. The predicted molar refractivity (Wildman–Crippen MR) is 161 cm³/mol. The summed E-state index contributed by atoms with van der Waals surface area (Å²) in [5.41, 5.74) is 9.98. The molecule has 0 bridgehead atoms. The van der Waals surface area contributed by atoms with Crippen molar-refractivity contribution < 1.29 is 14.0 Å². The lowest BCUT2D eigenvalue weighted by atomic mass is 9.93. The van der Waals surface area contributed by atoms with Crippen molar-refractivity contribution in [1.29, 1.82) is 0 Å². The molecule has 0 unspecified atom stereocenters. The number of aromatic amines is 1. The topological polar surface area (TPSA) is 89.3 Å². The smallest absolute Gasteiger partial charge is 0.143 e. The third kappa shape index (κ3) is 4.18. The van der Waals surface area contributed by atoms with Gasteiger partial charge in [0.05, 0.1) is 36.3 Å². The summed E-state index contributed by atoms with van der Waals surface area (Å²) in [6.45, 7) is 7.33. The van der Waals surface area contributed by atoms with Gasteiger partial charge in [-0.1, -0.05) is 35.5 Å². The Balaban J connectivity index is 1.44. The first-order valence-electron chi connectivity index (χ1n) is 13.8. The Kier molecular flexibility index (Phi) is 5.92. The van der Waals surface area contributed by atoms with Gasteiger partial charge in [-0.25, -0.2) is 9.97 Å². The number of anilines is 1. The lowest BCUT2D eigenvalue weighted by Gasteiger charge is -2.29. The van der Waals surface area contributed by atoms with Crippen LogP contribution in [0.4, 0.5) is 5.69 Å². The summed E-state index contributed by atoms with van der Waals surface area (Å²) in [6, 6.07) is 19.1. The number of fused-ring (bicyclic) bond motifs is 4. The Morgan fingerprint density at radius 1 is 1.00 bits per heavy atom. The molecule has 1 N–H and O–H groups in total. The molecule has 1 aliphatic heterocycles. The minimum atomic E-state index is 0.631. The number of benzene rings is 3. The number of methoxy groups -OCH3 is 1. The Bertz CT molecular complexity index is 1920. The summed E-state index contributed by atoms with van der Waals surface area (Å²) in [5.74, 6) is 3.13. The molecule has 6 aromatic rings. The molecule has 0 spiro atoms. The van der Waals surface area contributed by atoms with E-state index in [0.29, 0.717) is 13.0 Å². The van der Waals surface area contributed by atoms with Gasteiger partial charge in [-0.2, -0.15) is 0 Å². The zero-order valence-electron chi connectivity index (χ0n) is 23.8. The second-order valence-electron chi connectivity index (χ2n) is 10.7. The molecule has 0 radical (unpaired) electrons. The van der Waals surface area contributed by atoms with Gasteiger partial charge in [-0.3, -0.25) is 0 Å². The number of nitrogens with zero attached hydrogens (tertiary/aromatic N) is 4. The largest absolute Gasteiger partial charge is 0.496 e. The van der Waals surface area contributed by atoms with Crippen molar-refractivity contribution in [2.24, 2.45) is 0 Å². The van der Waals surface area contributed by atoms with Gasteiger partial charge in [0.15, 0.2) is 0 Å². The van der Waals surface area contributed by atoms with Crippen LogP contribution in [0.1, 0.15) is 28.5 Å². The highest BCUT2D eigenvalue weighted by Crippen LogP contribution is 2.42. The second kappa shape index (κ2) is 9.66. The van der Waals surface area contributed by atoms with Crippen molar-refractivity contribution >= 4 is 27.6 Å². The lowest BCUT2D eigenvalue weighted by Crippen LogP contribution is -2.29. The molecule has 0 atom stereocenters. The standard InChI is InChI=1S/C33H31N5O3/c1-18-31(19(2)41-37-18)25-15-26-24(17-29(25)39-5)32-27(34-20(3)35-33(32)36-26)13-22-14-28-30(40-12-11-38(28)4)16-23(22)21-9-7-6-8-10-21/h6-10,14-17H,11-13H2,1-5H3,(H,34,35,36). The molecule has 0 saturated heterocycles. The van der Waals surface area contributed by atoms with Crippen LogP contribution in [0.15, 0.2) is 59.1 Å². The van der Waals surface area contributed by atoms with Gasteiger partial charge < -0.3 is 23.9 Å². The number of hydrogen-bond donors (Lipinski definition) is 1. The number of rotatable bonds is 5. The van der Waals surface area contributed by atoms with Crippen LogP contribution in [-0.2, 0) is 6.42 Å². The SMILES string of the molecule is COc1cc2c(cc1-c1c(C)noc1C)[nH]c1nc(C)nc(Cc3cc4c(cc3-c3ccccc3)OCCN4C)c12. The molecule has 206 valence electrons. The highest BCUT2D eigenvalue weighted by molar-refractivity contribution is 6.09. The van der Waals surface area contributed by atoms with E-state index in [2.05, 4.69) is 70.6 Å². The third-order valence-electron chi connectivity index (χ3n) is 7.98. The molecule has 8 heteroatoms. The summed E-state index contributed by atoms with van der Waals surface area (Å²) in [6.07, 6.45) is 0.631. The first-order chi connectivity index (χ1) is 19.9. The number of H-pyrrole nitrogens is 1. The van der Waals surface area contributed by atoms with Gasteiger partial charge in [0.25, 0.3) is 0 Å². The van der Waals surface area contributed by atoms with Crippen molar-refractivity contribution in [2.75, 3.05) is 32.2 Å². The fourth-order valence-electron chi connectivity index (χ4n) is 6.03. The van der Waals surface area contributed by atoms with Crippen LogP contribution in [0.25, 0.3) is 44.2 Å². The van der Waals surface area contributed by atoms with Crippen LogP contribution in [0.5, 0.6) is 11.5 Å². The minimum Gasteiger partial charge on any atom is -0.496 e. The van der Waals surface area contributed by atoms with E-state index in [4.69, 9.17) is 24.0 Å². The number of aromatic nitrogens is 4. The number of ether oxygens (including phenoxy) is 2. The average molecular weight is 546 g/mol. The number of nitrogens with one attached hydrogen (secondary N) is 1. The van der Waals surface area contributed by atoms with Crippen LogP contribution in [-0.4, -0.2) is 47.4 Å². The summed E-state index contributed by atoms with van der Waals surface area (Å²) in [5, 5.41) is 6.17. The zero-order valence-corrected chi connectivity index (χ0v) is 23.8. The Hall–Kier alpha value is -4.85. The van der Waals surface area contributed by atoms with E-state index in [0.717, 1.165) is 90.9 Å². The van der Waals surface area contributed by atoms with E-state index in [1.165, 1.54) is 5.56 Å². The molecule has 3 aromatic carbocycles. The summed E-state index contributed by atoms with van der Waals surface area (Å²) >= 11 is 0. The molecule has 0 aliphatic carbocycles. The summed E-state index contributed by atoms with van der Waals surface area (Å²) < 4.78 is 17.4. The molecule has 1 aliphatic rings. The highest BCUT2D eigenvalue weighted by Gasteiger charge is 2.23. The van der Waals surface area contributed by atoms with Gasteiger partial charge in [-0.15, -0.1) is 0 Å². The number of likely N-dealkylation sites (N-methyl/N-ethyl adjacent to an activating group) is 1. The fourth-order valence-corrected chi connectivity index (χ4v) is 6.03. The Morgan fingerprint density at radius 2 is 1.83 bits per heavy atom. The van der Waals surface area contributed by atoms with E-state index >= 15 is 0 Å². The van der Waals surface area contributed by atoms with E-state index in [1.807, 2.05) is 26.8 Å². The zero-order chi connectivity index (χ0) is 28.2. The molecule has 0 saturated carbocycles. The fraction of sp³-hybridized carbons (Fsp3) is 0.242. The summed E-state index contributed by atoms with van der Waals surface area (Å²) in [7, 11) is 3.81. The maximum atomic E-state index is 6.08. The maximum Gasteiger partial charge on any atom is 0.143 e. The van der Waals surface area contributed by atoms with Crippen LogP contribution < -0.4 is 14.4 Å². The van der Waals surface area contributed by atoms with Crippen molar-refractivity contribution in [1.82, 2.24) is 20.1 Å². The minimum absolute atomic E-state index is 0.631. The maximum absolute atomic E-state index is 6.08.